The molecule has 0 saturated heterocycles. The normalized spacial score (nSPS) is 19.8. The highest BCUT2D eigenvalue weighted by molar-refractivity contribution is 6.14. The van der Waals surface area contributed by atoms with Gasteiger partial charge in [-0.2, -0.15) is 0 Å². The van der Waals surface area contributed by atoms with Crippen molar-refractivity contribution in [3.05, 3.63) is 268 Å². The lowest BCUT2D eigenvalue weighted by Crippen LogP contribution is -2.42. The summed E-state index contributed by atoms with van der Waals surface area (Å²) in [4.78, 5) is 5.31. The van der Waals surface area contributed by atoms with Gasteiger partial charge in [0.2, 0.25) is 0 Å². The smallest absolute Gasteiger partial charge is 0.0563 e. The Labute approximate surface area is 510 Å². The second kappa shape index (κ2) is 20.1. The maximum atomic E-state index is 2.74. The summed E-state index contributed by atoms with van der Waals surface area (Å²) in [7, 11) is 0. The van der Waals surface area contributed by atoms with E-state index in [2.05, 4.69) is 304 Å². The molecule has 86 heavy (non-hydrogen) atoms. The SMILES string of the molecule is CC(C)(C)C1=CC=C(N(c2ccc3c(c2)C(C)(C)c2ccccc2-3)C2C=c3c(-c4cccc5ccccc45)c4ccc(N(C5=CC6C(C=C5)C5=C(CCC=C5)C6(C)C)c5ccc(C(C)(C)C)cc5)cc4c(-c4cccc5ccccc45)c3=CC2)CC1. The van der Waals surface area contributed by atoms with Crippen molar-refractivity contribution in [3.8, 4) is 33.4 Å². The summed E-state index contributed by atoms with van der Waals surface area (Å²) >= 11 is 0. The Bertz CT molecular complexity index is 4630. The fraction of sp³-hybridized carbons (Fsp3) is 0.262. The van der Waals surface area contributed by atoms with E-state index < -0.39 is 0 Å². The quantitative estimate of drug-likeness (QED) is 0.150. The van der Waals surface area contributed by atoms with Crippen LogP contribution in [0.4, 0.5) is 17.1 Å². The molecular formula is C84H80N2. The van der Waals surface area contributed by atoms with Crippen molar-refractivity contribution in [1.82, 2.24) is 0 Å². The Morgan fingerprint density at radius 1 is 0.500 bits per heavy atom. The van der Waals surface area contributed by atoms with Crippen LogP contribution in [0.2, 0.25) is 0 Å². The summed E-state index contributed by atoms with van der Waals surface area (Å²) in [5.41, 5.74) is 22.9. The molecule has 0 fully saturated rings. The van der Waals surface area contributed by atoms with Crippen molar-refractivity contribution in [2.75, 3.05) is 9.80 Å². The molecule has 15 rings (SSSR count). The van der Waals surface area contributed by atoms with E-state index >= 15 is 0 Å². The first kappa shape index (κ1) is 54.2. The number of nitrogens with zero attached hydrogens (tertiary/aromatic N) is 2. The van der Waals surface area contributed by atoms with E-state index in [0.717, 1.165) is 37.8 Å². The van der Waals surface area contributed by atoms with Crippen molar-refractivity contribution in [2.45, 2.75) is 118 Å². The predicted molar refractivity (Wildman–Crippen MR) is 368 cm³/mol. The number of fused-ring (bicyclic) bond motifs is 9. The van der Waals surface area contributed by atoms with Gasteiger partial charge in [-0.3, -0.25) is 0 Å². The molecule has 2 nitrogen and oxygen atoms in total. The molecule has 6 aliphatic carbocycles. The van der Waals surface area contributed by atoms with Gasteiger partial charge in [0.1, 0.15) is 0 Å². The Morgan fingerprint density at radius 3 is 1.84 bits per heavy atom. The lowest BCUT2D eigenvalue weighted by atomic mass is 9.72. The molecule has 426 valence electrons. The van der Waals surface area contributed by atoms with Gasteiger partial charge in [-0.05, 0) is 201 Å². The predicted octanol–water partition coefficient (Wildman–Crippen LogP) is 21.1. The van der Waals surface area contributed by atoms with Crippen LogP contribution in [0, 0.1) is 22.7 Å². The number of anilines is 3. The molecule has 6 aliphatic rings. The molecule has 3 unspecified atom stereocenters. The van der Waals surface area contributed by atoms with Gasteiger partial charge >= 0.3 is 0 Å². The minimum absolute atomic E-state index is 0.0223. The summed E-state index contributed by atoms with van der Waals surface area (Å²) in [6.07, 6.45) is 27.8. The molecule has 0 bridgehead atoms. The van der Waals surface area contributed by atoms with E-state index in [4.69, 9.17) is 0 Å². The van der Waals surface area contributed by atoms with E-state index in [-0.39, 0.29) is 27.7 Å². The number of benzene rings is 9. The lowest BCUT2D eigenvalue weighted by molar-refractivity contribution is 0.308. The Balaban J connectivity index is 1.01. The highest BCUT2D eigenvalue weighted by Gasteiger charge is 2.47. The largest absolute Gasteiger partial charge is 0.338 e. The minimum atomic E-state index is -0.130. The molecule has 0 radical (unpaired) electrons. The van der Waals surface area contributed by atoms with Crippen LogP contribution in [-0.4, -0.2) is 6.04 Å². The van der Waals surface area contributed by atoms with E-state index in [1.54, 1.807) is 5.57 Å². The van der Waals surface area contributed by atoms with Gasteiger partial charge in [0, 0.05) is 39.8 Å². The summed E-state index contributed by atoms with van der Waals surface area (Å²) in [5.74, 6) is 0.723. The van der Waals surface area contributed by atoms with Crippen LogP contribution in [0.3, 0.4) is 0 Å². The first-order valence-corrected chi connectivity index (χ1v) is 31.9. The molecule has 0 aliphatic heterocycles. The Kier molecular flexibility index (Phi) is 12.6. The molecule has 0 amide bonds. The number of rotatable bonds is 8. The van der Waals surface area contributed by atoms with E-state index in [0.29, 0.717) is 11.8 Å². The maximum absolute atomic E-state index is 2.74. The van der Waals surface area contributed by atoms with Gasteiger partial charge in [-0.1, -0.05) is 256 Å². The molecule has 9 aromatic carbocycles. The molecule has 0 saturated carbocycles. The van der Waals surface area contributed by atoms with Gasteiger partial charge in [0.05, 0.1) is 6.04 Å². The molecule has 0 N–H and O–H groups in total. The molecular weight excluding hydrogens is 1040 g/mol. The zero-order valence-electron chi connectivity index (χ0n) is 52.0. The van der Waals surface area contributed by atoms with Crippen LogP contribution in [0.1, 0.15) is 118 Å². The van der Waals surface area contributed by atoms with Crippen molar-refractivity contribution in [3.63, 3.8) is 0 Å². The number of hydrogen-bond acceptors (Lipinski definition) is 2. The van der Waals surface area contributed by atoms with Gasteiger partial charge in [0.15, 0.2) is 0 Å². The monoisotopic (exact) mass is 1120 g/mol. The molecule has 2 heteroatoms. The van der Waals surface area contributed by atoms with Gasteiger partial charge in [-0.25, -0.2) is 0 Å². The zero-order valence-corrected chi connectivity index (χ0v) is 52.0. The highest BCUT2D eigenvalue weighted by atomic mass is 15.2. The van der Waals surface area contributed by atoms with Crippen molar-refractivity contribution < 1.29 is 0 Å². The van der Waals surface area contributed by atoms with Crippen molar-refractivity contribution in [2.24, 2.45) is 22.7 Å². The van der Waals surface area contributed by atoms with E-state index in [1.165, 1.54) is 127 Å². The maximum Gasteiger partial charge on any atom is 0.0563 e. The molecule has 0 heterocycles. The first-order valence-electron chi connectivity index (χ1n) is 31.9. The van der Waals surface area contributed by atoms with Crippen molar-refractivity contribution >= 4 is 61.5 Å². The summed E-state index contributed by atoms with van der Waals surface area (Å²) in [6, 6.07) is 65.4. The van der Waals surface area contributed by atoms with Crippen LogP contribution in [-0.2, 0) is 10.8 Å². The van der Waals surface area contributed by atoms with Crippen molar-refractivity contribution in [1.29, 1.82) is 0 Å². The summed E-state index contributed by atoms with van der Waals surface area (Å²) in [6.45, 7) is 23.9. The van der Waals surface area contributed by atoms with Gasteiger partial charge < -0.3 is 9.80 Å². The van der Waals surface area contributed by atoms with Crippen LogP contribution in [0.5, 0.6) is 0 Å². The van der Waals surface area contributed by atoms with Gasteiger partial charge in [0.25, 0.3) is 0 Å². The zero-order chi connectivity index (χ0) is 59.0. The third-order valence-electron chi connectivity index (χ3n) is 20.9. The lowest BCUT2D eigenvalue weighted by Gasteiger charge is -2.38. The number of hydrogen-bond donors (Lipinski definition) is 0. The van der Waals surface area contributed by atoms with Crippen LogP contribution in [0.25, 0.3) is 77.9 Å². The second-order valence-electron chi connectivity index (χ2n) is 28.6. The first-order chi connectivity index (χ1) is 41.4. The minimum Gasteiger partial charge on any atom is -0.338 e. The van der Waals surface area contributed by atoms with Crippen LogP contribution >= 0.6 is 0 Å². The molecule has 3 atom stereocenters. The molecule has 9 aromatic rings. The average Bonchev–Trinajstić information content (AvgIpc) is 0.983. The fourth-order valence-corrected chi connectivity index (χ4v) is 16.3. The standard InChI is InChI=1S/C84H80N2/c1-81(2,3)55-33-37-57(38-34-55)85(61-41-45-67-65-27-15-17-31-75(65)83(7,8)77(67)51-61)59-43-47-71-73(49-59)79(69-29-19-23-53-21-11-13-25-63(53)69)72-48-44-60(50-74(72)80(71)70-30-20-24-54-22-12-14-26-64(54)70)86(58-39-35-56(36-40-58)82(4,5)6)62-42-46-68-66-28-16-18-32-76(66)84(9,10)78(68)52-62/h11-17,19-31,33,35-37,39-42,44-52,59,68,78H,18,32,34,38,43H2,1-10H3. The molecule has 0 spiro atoms. The van der Waals surface area contributed by atoms with E-state index in [9.17, 15) is 0 Å². The highest BCUT2D eigenvalue weighted by Crippen LogP contribution is 2.57. The van der Waals surface area contributed by atoms with Crippen LogP contribution < -0.4 is 20.2 Å². The van der Waals surface area contributed by atoms with Gasteiger partial charge in [-0.15, -0.1) is 0 Å². The fourth-order valence-electron chi connectivity index (χ4n) is 16.3. The summed E-state index contributed by atoms with van der Waals surface area (Å²) < 4.78 is 0. The second-order valence-corrected chi connectivity index (χ2v) is 28.6. The molecule has 0 aromatic heterocycles. The topological polar surface area (TPSA) is 6.48 Å². The van der Waals surface area contributed by atoms with E-state index in [1.807, 2.05) is 0 Å². The third-order valence-corrected chi connectivity index (χ3v) is 20.9. The Hall–Kier alpha value is -8.46. The average molecular weight is 1120 g/mol. The van der Waals surface area contributed by atoms with Crippen LogP contribution in [0.15, 0.2) is 241 Å². The summed E-state index contributed by atoms with van der Waals surface area (Å²) in [5, 5.41) is 10.1. The Morgan fingerprint density at radius 2 is 1.14 bits per heavy atom. The number of allylic oxidation sites excluding steroid dienone is 11. The third kappa shape index (κ3) is 8.71.